The summed E-state index contributed by atoms with van der Waals surface area (Å²) in [5.41, 5.74) is 6.36. The molecule has 5 aliphatic rings. The molecular weight excluding hydrogens is 707 g/mol. The Labute approximate surface area is 318 Å². The first kappa shape index (κ1) is 35.4. The third-order valence-electron chi connectivity index (χ3n) is 12.3. The zero-order valence-corrected chi connectivity index (χ0v) is 31.3. The molecule has 0 spiro atoms. The molecule has 3 aromatic heterocycles. The summed E-state index contributed by atoms with van der Waals surface area (Å²) in [5.74, 6) is 1.68. The summed E-state index contributed by atoms with van der Waals surface area (Å²) in [6, 6.07) is 7.35. The molecule has 8 heterocycles. The molecule has 13 nitrogen and oxygen atoms in total. The van der Waals surface area contributed by atoms with Crippen molar-refractivity contribution in [3.05, 3.63) is 70.3 Å². The minimum Gasteiger partial charge on any atom is -0.357 e. The molecule has 0 bridgehead atoms. The molecule has 4 aromatic rings. The van der Waals surface area contributed by atoms with Crippen molar-refractivity contribution in [1.29, 1.82) is 0 Å². The van der Waals surface area contributed by atoms with Crippen LogP contribution in [0.25, 0.3) is 11.1 Å². The number of carbonyl (C=O) groups is 3. The Morgan fingerprint density at radius 1 is 0.945 bits per heavy atom. The Morgan fingerprint density at radius 2 is 1.75 bits per heavy atom. The van der Waals surface area contributed by atoms with Gasteiger partial charge in [0, 0.05) is 99.8 Å². The number of aromatic nitrogens is 5. The van der Waals surface area contributed by atoms with Crippen molar-refractivity contribution in [3.63, 3.8) is 0 Å². The smallest absolute Gasteiger partial charge is 0.264 e. The maximum absolute atomic E-state index is 14.7. The maximum Gasteiger partial charge on any atom is 0.264 e. The number of rotatable bonds is 6. The van der Waals surface area contributed by atoms with E-state index in [1.165, 1.54) is 0 Å². The van der Waals surface area contributed by atoms with Crippen LogP contribution in [0.4, 0.5) is 26.1 Å². The molecule has 0 saturated carbocycles. The fourth-order valence-electron chi connectivity index (χ4n) is 9.29. The van der Waals surface area contributed by atoms with Crippen LogP contribution in [0.2, 0.25) is 0 Å². The molecule has 5 aliphatic heterocycles. The fraction of sp³-hybridized carbons (Fsp3) is 0.500. The average Bonchev–Trinajstić information content (AvgIpc) is 3.93. The number of halogens is 2. The Kier molecular flexibility index (Phi) is 9.04. The zero-order chi connectivity index (χ0) is 38.0. The van der Waals surface area contributed by atoms with Crippen LogP contribution < -0.4 is 15.1 Å². The molecule has 1 N–H and O–H groups in total. The first-order valence-corrected chi connectivity index (χ1v) is 19.5. The summed E-state index contributed by atoms with van der Waals surface area (Å²) in [6.45, 7) is 6.45. The van der Waals surface area contributed by atoms with Gasteiger partial charge in [0.2, 0.25) is 11.8 Å². The molecular formula is C40H46F2N10O3. The van der Waals surface area contributed by atoms with Crippen molar-refractivity contribution in [2.45, 2.75) is 77.4 Å². The lowest BCUT2D eigenvalue weighted by molar-refractivity contribution is -0.137. The lowest BCUT2D eigenvalue weighted by Crippen LogP contribution is -2.46. The number of hydrogen-bond acceptors (Lipinski definition) is 8. The van der Waals surface area contributed by atoms with Crippen LogP contribution in [0.3, 0.4) is 0 Å². The first-order chi connectivity index (χ1) is 26.6. The van der Waals surface area contributed by atoms with Crippen LogP contribution in [-0.4, -0.2) is 91.3 Å². The van der Waals surface area contributed by atoms with Gasteiger partial charge < -0.3 is 24.9 Å². The largest absolute Gasteiger partial charge is 0.357 e. The molecule has 1 aromatic carbocycles. The number of amides is 3. The summed E-state index contributed by atoms with van der Waals surface area (Å²) in [7, 11) is 1.78. The van der Waals surface area contributed by atoms with Crippen molar-refractivity contribution >= 4 is 35.0 Å². The standard InChI is InChI=1S/C40H46F2N10O3/c1-24(53)50-17-11-34-32(23-50)38(51-12-3-4-26-18-30(27-20-44-47(2)22-27)31(37(41)42)19-35(26)51)46-52(34)28-9-15-49(16-10-28)40(55)25-7-13-48(14-8-25)36-6-5-29-33(45-36)21-43-39(29)54/h5-6,18-20,22,25,28,37H,3-4,7-17,21,23H2,1-2H3,(H,43,54). The van der Waals surface area contributed by atoms with Crippen LogP contribution in [0.15, 0.2) is 36.7 Å². The highest BCUT2D eigenvalue weighted by atomic mass is 19.3. The van der Waals surface area contributed by atoms with Gasteiger partial charge in [0.1, 0.15) is 5.82 Å². The van der Waals surface area contributed by atoms with Gasteiger partial charge >= 0.3 is 0 Å². The van der Waals surface area contributed by atoms with Gasteiger partial charge in [-0.3, -0.25) is 23.7 Å². The van der Waals surface area contributed by atoms with E-state index in [0.717, 1.165) is 91.5 Å². The highest BCUT2D eigenvalue weighted by Crippen LogP contribution is 2.44. The molecule has 2 fully saturated rings. The van der Waals surface area contributed by atoms with Crippen LogP contribution >= 0.6 is 0 Å². The predicted octanol–water partition coefficient (Wildman–Crippen LogP) is 4.93. The quantitative estimate of drug-likeness (QED) is 0.294. The summed E-state index contributed by atoms with van der Waals surface area (Å²) >= 11 is 0. The minimum atomic E-state index is -2.67. The summed E-state index contributed by atoms with van der Waals surface area (Å²) in [4.78, 5) is 51.2. The number of piperidine rings is 2. The third kappa shape index (κ3) is 6.40. The SMILES string of the molecule is CC(=O)N1CCc2c(c(N3CCCc4cc(-c5cnn(C)c5)c(C(F)F)cc43)nn2C2CCN(C(=O)C3CCN(c4ccc5c(n4)CNC5=O)CC3)CC2)C1. The van der Waals surface area contributed by atoms with Crippen molar-refractivity contribution < 1.29 is 23.2 Å². The fourth-order valence-corrected chi connectivity index (χ4v) is 9.29. The summed E-state index contributed by atoms with van der Waals surface area (Å²) in [5, 5.41) is 12.3. The molecule has 9 rings (SSSR count). The molecule has 0 unspecified atom stereocenters. The third-order valence-corrected chi connectivity index (χ3v) is 12.3. The molecule has 3 amide bonds. The number of aryl methyl sites for hydroxylation is 2. The van der Waals surface area contributed by atoms with Crippen molar-refractivity contribution in [3.8, 4) is 11.1 Å². The highest BCUT2D eigenvalue weighted by Gasteiger charge is 2.37. The number of nitrogens with one attached hydrogen (secondary N) is 1. The van der Waals surface area contributed by atoms with Gasteiger partial charge in [-0.25, -0.2) is 13.8 Å². The number of carbonyl (C=O) groups excluding carboxylic acids is 3. The number of nitrogens with zero attached hydrogens (tertiary/aromatic N) is 9. The van der Waals surface area contributed by atoms with E-state index in [2.05, 4.69) is 24.9 Å². The van der Waals surface area contributed by atoms with Gasteiger partial charge in [0.15, 0.2) is 5.82 Å². The van der Waals surface area contributed by atoms with E-state index in [9.17, 15) is 23.2 Å². The van der Waals surface area contributed by atoms with E-state index in [4.69, 9.17) is 10.1 Å². The Hall–Kier alpha value is -5.34. The Morgan fingerprint density at radius 3 is 2.47 bits per heavy atom. The molecule has 0 aliphatic carbocycles. The summed E-state index contributed by atoms with van der Waals surface area (Å²) < 4.78 is 33.1. The summed E-state index contributed by atoms with van der Waals surface area (Å²) in [6.07, 6.45) is 6.03. The number of anilines is 3. The van der Waals surface area contributed by atoms with Gasteiger partial charge in [0.05, 0.1) is 36.6 Å². The number of fused-ring (bicyclic) bond motifs is 3. The minimum absolute atomic E-state index is 0.000487. The first-order valence-electron chi connectivity index (χ1n) is 19.5. The van der Waals surface area contributed by atoms with E-state index in [1.807, 2.05) is 28.0 Å². The second-order valence-electron chi connectivity index (χ2n) is 15.6. The molecule has 0 atom stereocenters. The van der Waals surface area contributed by atoms with E-state index >= 15 is 0 Å². The van der Waals surface area contributed by atoms with Crippen molar-refractivity contribution in [2.75, 3.05) is 49.1 Å². The van der Waals surface area contributed by atoms with Crippen LogP contribution in [0, 0.1) is 5.92 Å². The number of alkyl halides is 2. The zero-order valence-electron chi connectivity index (χ0n) is 31.3. The molecule has 288 valence electrons. The van der Waals surface area contributed by atoms with Gasteiger partial charge in [0.25, 0.3) is 12.3 Å². The molecule has 0 radical (unpaired) electrons. The highest BCUT2D eigenvalue weighted by molar-refractivity contribution is 5.98. The lowest BCUT2D eigenvalue weighted by Gasteiger charge is -2.38. The average molecular weight is 753 g/mol. The molecule has 2 saturated heterocycles. The van der Waals surface area contributed by atoms with E-state index < -0.39 is 6.43 Å². The topological polar surface area (TPSA) is 125 Å². The predicted molar refractivity (Wildman–Crippen MR) is 201 cm³/mol. The second kappa shape index (κ2) is 14.1. The van der Waals surface area contributed by atoms with Gasteiger partial charge in [-0.15, -0.1) is 0 Å². The van der Waals surface area contributed by atoms with E-state index in [0.29, 0.717) is 62.4 Å². The second-order valence-corrected chi connectivity index (χ2v) is 15.6. The van der Waals surface area contributed by atoms with Crippen molar-refractivity contribution in [1.82, 2.24) is 39.7 Å². The van der Waals surface area contributed by atoms with Crippen LogP contribution in [-0.2, 0) is 42.6 Å². The van der Waals surface area contributed by atoms with Crippen molar-refractivity contribution in [2.24, 2.45) is 13.0 Å². The van der Waals surface area contributed by atoms with Gasteiger partial charge in [-0.1, -0.05) is 0 Å². The Balaban J connectivity index is 0.927. The Bertz CT molecular complexity index is 2170. The van der Waals surface area contributed by atoms with Gasteiger partial charge in [-0.2, -0.15) is 10.2 Å². The van der Waals surface area contributed by atoms with Crippen LogP contribution in [0.5, 0.6) is 0 Å². The number of pyridine rings is 1. The maximum atomic E-state index is 14.7. The molecule has 55 heavy (non-hydrogen) atoms. The van der Waals surface area contributed by atoms with E-state index in [1.54, 1.807) is 37.1 Å². The number of hydrogen-bond donors (Lipinski definition) is 1. The monoisotopic (exact) mass is 752 g/mol. The van der Waals surface area contributed by atoms with Gasteiger partial charge in [-0.05, 0) is 73.9 Å². The van der Waals surface area contributed by atoms with Crippen LogP contribution in [0.1, 0.15) is 89.9 Å². The number of likely N-dealkylation sites (tertiary alicyclic amines) is 1. The normalized spacial score (nSPS) is 19.1. The lowest BCUT2D eigenvalue weighted by atomic mass is 9.92. The van der Waals surface area contributed by atoms with E-state index in [-0.39, 0.29) is 35.2 Å². The molecule has 15 heteroatoms. The number of benzene rings is 1.